The molecule has 0 unspecified atom stereocenters. The Kier molecular flexibility index (Phi) is 5.41. The van der Waals surface area contributed by atoms with E-state index in [2.05, 4.69) is 31.1 Å². The highest BCUT2D eigenvalue weighted by molar-refractivity contribution is 7.99. The van der Waals surface area contributed by atoms with Crippen LogP contribution in [0.5, 0.6) is 0 Å². The smallest absolute Gasteiger partial charge is 0.256 e. The van der Waals surface area contributed by atoms with Gasteiger partial charge in [0.15, 0.2) is 0 Å². The fourth-order valence-corrected chi connectivity index (χ4v) is 3.13. The highest BCUT2D eigenvalue weighted by Gasteiger charge is 2.21. The fourth-order valence-electron chi connectivity index (χ4n) is 2.41. The van der Waals surface area contributed by atoms with E-state index >= 15 is 0 Å². The Hall–Kier alpha value is -2.54. The maximum Gasteiger partial charge on any atom is 0.256 e. The quantitative estimate of drug-likeness (QED) is 0.656. The summed E-state index contributed by atoms with van der Waals surface area (Å²) in [5.41, 5.74) is 2.53. The van der Waals surface area contributed by atoms with Crippen LogP contribution in [0.1, 0.15) is 37.9 Å². The minimum absolute atomic E-state index is 0.124. The lowest BCUT2D eigenvalue weighted by Crippen LogP contribution is -2.17. The summed E-state index contributed by atoms with van der Waals surface area (Å²) >= 11 is 1.28. The second-order valence-corrected chi connectivity index (χ2v) is 8.30. The number of aryl methyl sites for hydroxylation is 2. The molecule has 3 rings (SSSR count). The van der Waals surface area contributed by atoms with E-state index in [1.807, 2.05) is 50.2 Å². The van der Waals surface area contributed by atoms with E-state index in [4.69, 9.17) is 9.52 Å². The first-order valence-electron chi connectivity index (χ1n) is 8.76. The summed E-state index contributed by atoms with van der Waals surface area (Å²) in [5, 5.41) is 8.17. The van der Waals surface area contributed by atoms with Gasteiger partial charge < -0.3 is 9.73 Å². The molecule has 0 aliphatic rings. The second-order valence-electron chi connectivity index (χ2n) is 7.37. The van der Waals surface area contributed by atoms with Crippen molar-refractivity contribution in [3.63, 3.8) is 0 Å². The highest BCUT2D eigenvalue weighted by atomic mass is 32.2. The fraction of sp³-hybridized carbons (Fsp3) is 0.350. The molecule has 0 bridgehead atoms. The first-order chi connectivity index (χ1) is 12.7. The predicted molar refractivity (Wildman–Crippen MR) is 108 cm³/mol. The van der Waals surface area contributed by atoms with Crippen molar-refractivity contribution in [1.29, 1.82) is 0 Å². The molecular formula is C20H24N4O2S. The number of nitrogens with one attached hydrogen (secondary N) is 1. The summed E-state index contributed by atoms with van der Waals surface area (Å²) in [4.78, 5) is 16.8. The minimum Gasteiger partial charge on any atom is -0.437 e. The zero-order chi connectivity index (χ0) is 19.6. The molecule has 3 aromatic rings. The normalized spacial score (nSPS) is 11.6. The Morgan fingerprint density at radius 1 is 1.22 bits per heavy atom. The van der Waals surface area contributed by atoms with E-state index in [9.17, 15) is 4.79 Å². The van der Waals surface area contributed by atoms with Gasteiger partial charge in [-0.1, -0.05) is 50.7 Å². The molecule has 0 radical (unpaired) electrons. The number of benzene rings is 1. The highest BCUT2D eigenvalue weighted by Crippen LogP contribution is 2.27. The van der Waals surface area contributed by atoms with Crippen LogP contribution < -0.4 is 5.32 Å². The largest absolute Gasteiger partial charge is 0.437 e. The maximum atomic E-state index is 12.5. The molecule has 7 heteroatoms. The van der Waals surface area contributed by atoms with Gasteiger partial charge in [0.05, 0.1) is 22.8 Å². The van der Waals surface area contributed by atoms with Crippen molar-refractivity contribution >= 4 is 23.5 Å². The molecule has 0 aliphatic carbocycles. The zero-order valence-corrected chi connectivity index (χ0v) is 17.1. The molecule has 6 nitrogen and oxygen atoms in total. The molecule has 0 spiro atoms. The Balaban J connectivity index is 1.78. The number of hydrogen-bond donors (Lipinski definition) is 1. The number of amides is 1. The van der Waals surface area contributed by atoms with Crippen LogP contribution in [0.25, 0.3) is 5.69 Å². The minimum atomic E-state index is -0.133. The van der Waals surface area contributed by atoms with Gasteiger partial charge in [-0.2, -0.15) is 5.10 Å². The number of hydrogen-bond acceptors (Lipinski definition) is 5. The van der Waals surface area contributed by atoms with E-state index in [1.54, 1.807) is 4.68 Å². The van der Waals surface area contributed by atoms with Crippen molar-refractivity contribution in [2.45, 2.75) is 45.3 Å². The molecule has 2 heterocycles. The molecule has 1 amide bonds. The van der Waals surface area contributed by atoms with Crippen LogP contribution in [0.3, 0.4) is 0 Å². The number of rotatable bonds is 5. The number of carbonyl (C=O) groups is 1. The van der Waals surface area contributed by atoms with Crippen LogP contribution in [-0.4, -0.2) is 26.4 Å². The molecule has 0 saturated carbocycles. The van der Waals surface area contributed by atoms with Gasteiger partial charge in [-0.15, -0.1) is 0 Å². The van der Waals surface area contributed by atoms with Crippen LogP contribution in [-0.2, 0) is 10.2 Å². The van der Waals surface area contributed by atoms with E-state index in [1.165, 1.54) is 11.8 Å². The monoisotopic (exact) mass is 384 g/mol. The summed E-state index contributed by atoms with van der Waals surface area (Å²) in [6.07, 6.45) is 0. The SMILES string of the molecule is Cc1nc(SCC(=O)Nc2cc(C(C)(C)C)nn2-c2ccccc2)oc1C. The lowest BCUT2D eigenvalue weighted by molar-refractivity contribution is -0.113. The molecule has 0 atom stereocenters. The second kappa shape index (κ2) is 7.60. The van der Waals surface area contributed by atoms with Crippen LogP contribution in [0.2, 0.25) is 0 Å². The van der Waals surface area contributed by atoms with Crippen LogP contribution >= 0.6 is 11.8 Å². The van der Waals surface area contributed by atoms with Crippen molar-refractivity contribution < 1.29 is 9.21 Å². The van der Waals surface area contributed by atoms with Crippen LogP contribution in [0.4, 0.5) is 5.82 Å². The number of carbonyl (C=O) groups excluding carboxylic acids is 1. The van der Waals surface area contributed by atoms with Gasteiger partial charge in [-0.3, -0.25) is 4.79 Å². The molecular weight excluding hydrogens is 360 g/mol. The Morgan fingerprint density at radius 3 is 2.52 bits per heavy atom. The lowest BCUT2D eigenvalue weighted by Gasteiger charge is -2.14. The molecule has 0 saturated heterocycles. The molecule has 0 fully saturated rings. The van der Waals surface area contributed by atoms with Crippen molar-refractivity contribution in [1.82, 2.24) is 14.8 Å². The summed E-state index contributed by atoms with van der Waals surface area (Å²) < 4.78 is 7.28. The lowest BCUT2D eigenvalue weighted by atomic mass is 9.92. The van der Waals surface area contributed by atoms with Gasteiger partial charge in [0, 0.05) is 11.5 Å². The summed E-state index contributed by atoms with van der Waals surface area (Å²) in [7, 11) is 0. The average molecular weight is 385 g/mol. The van der Waals surface area contributed by atoms with E-state index in [0.717, 1.165) is 22.8 Å². The third-order valence-corrected chi connectivity index (χ3v) is 4.91. The van der Waals surface area contributed by atoms with Gasteiger partial charge >= 0.3 is 0 Å². The van der Waals surface area contributed by atoms with Gasteiger partial charge in [-0.05, 0) is 26.0 Å². The summed E-state index contributed by atoms with van der Waals surface area (Å²) in [6.45, 7) is 10.0. The van der Waals surface area contributed by atoms with Crippen molar-refractivity contribution in [2.24, 2.45) is 0 Å². The predicted octanol–water partition coefficient (Wildman–Crippen LogP) is 4.51. The average Bonchev–Trinajstić information content (AvgIpc) is 3.17. The Morgan fingerprint density at radius 2 is 1.93 bits per heavy atom. The third-order valence-electron chi connectivity index (χ3n) is 4.08. The number of anilines is 1. The molecule has 27 heavy (non-hydrogen) atoms. The van der Waals surface area contributed by atoms with Gasteiger partial charge in [0.25, 0.3) is 5.22 Å². The van der Waals surface area contributed by atoms with Gasteiger partial charge in [0.1, 0.15) is 11.6 Å². The maximum absolute atomic E-state index is 12.5. The van der Waals surface area contributed by atoms with E-state index < -0.39 is 0 Å². The Bertz CT molecular complexity index is 919. The van der Waals surface area contributed by atoms with Crippen molar-refractivity contribution in [2.75, 3.05) is 11.1 Å². The molecule has 1 aromatic carbocycles. The number of aromatic nitrogens is 3. The van der Waals surface area contributed by atoms with E-state index in [0.29, 0.717) is 11.0 Å². The zero-order valence-electron chi connectivity index (χ0n) is 16.2. The molecule has 142 valence electrons. The number of para-hydroxylation sites is 1. The first kappa shape index (κ1) is 19.2. The molecule has 1 N–H and O–H groups in total. The van der Waals surface area contributed by atoms with Crippen molar-refractivity contribution in [3.8, 4) is 5.69 Å². The van der Waals surface area contributed by atoms with Crippen LogP contribution in [0, 0.1) is 13.8 Å². The molecule has 2 aromatic heterocycles. The standard InChI is InChI=1S/C20H24N4O2S/c1-13-14(2)26-19(21-13)27-12-18(25)22-17-11-16(20(3,4)5)23-24(17)15-9-7-6-8-10-15/h6-11H,12H2,1-5H3,(H,22,25). The molecule has 0 aliphatic heterocycles. The Labute approximate surface area is 163 Å². The van der Waals surface area contributed by atoms with Crippen molar-refractivity contribution in [3.05, 3.63) is 53.5 Å². The third kappa shape index (κ3) is 4.60. The van der Waals surface area contributed by atoms with E-state index in [-0.39, 0.29) is 17.1 Å². The van der Waals surface area contributed by atoms with Gasteiger partial charge in [-0.25, -0.2) is 9.67 Å². The summed E-state index contributed by atoms with van der Waals surface area (Å²) in [5.74, 6) is 1.50. The van der Waals surface area contributed by atoms with Crippen LogP contribution in [0.15, 0.2) is 46.0 Å². The number of nitrogens with zero attached hydrogens (tertiary/aromatic N) is 3. The topological polar surface area (TPSA) is 73.0 Å². The van der Waals surface area contributed by atoms with Gasteiger partial charge in [0.2, 0.25) is 5.91 Å². The number of oxazole rings is 1. The summed E-state index contributed by atoms with van der Waals surface area (Å²) in [6, 6.07) is 11.7. The number of thioether (sulfide) groups is 1. The first-order valence-corrected chi connectivity index (χ1v) is 9.75.